The van der Waals surface area contributed by atoms with Crippen LogP contribution in [-0.4, -0.2) is 13.2 Å². The largest absolute Gasteiger partial charge is 0.494 e. The van der Waals surface area contributed by atoms with Crippen molar-refractivity contribution in [2.24, 2.45) is 5.73 Å². The molecule has 0 aromatic heterocycles. The molecular formula is C10H14Br2N2O. The minimum absolute atomic E-state index is 0.681. The average molecular weight is 338 g/mol. The number of hydrogen-bond donors (Lipinski definition) is 2. The van der Waals surface area contributed by atoms with Gasteiger partial charge in [0, 0.05) is 8.95 Å². The van der Waals surface area contributed by atoms with Crippen LogP contribution in [0.15, 0.2) is 21.1 Å². The maximum Gasteiger partial charge on any atom is 0.121 e. The van der Waals surface area contributed by atoms with E-state index in [1.54, 1.807) is 0 Å². The molecule has 5 heteroatoms. The number of rotatable bonds is 5. The van der Waals surface area contributed by atoms with E-state index in [1.165, 1.54) is 0 Å². The molecule has 0 heterocycles. The third kappa shape index (κ3) is 4.01. The standard InChI is InChI=1S/C10H14Br2N2O/c11-8-5-7(6-9(12)10(8)14)15-4-2-1-3-13/h5-6H,1-4,13-14H2. The highest BCUT2D eigenvalue weighted by Gasteiger charge is 2.04. The quantitative estimate of drug-likeness (QED) is 0.641. The maximum absolute atomic E-state index is 5.76. The molecule has 0 atom stereocenters. The van der Waals surface area contributed by atoms with Crippen molar-refractivity contribution in [1.82, 2.24) is 0 Å². The summed E-state index contributed by atoms with van der Waals surface area (Å²) in [4.78, 5) is 0. The molecule has 3 nitrogen and oxygen atoms in total. The lowest BCUT2D eigenvalue weighted by Crippen LogP contribution is -2.03. The molecule has 0 aliphatic rings. The smallest absolute Gasteiger partial charge is 0.121 e. The zero-order valence-electron chi connectivity index (χ0n) is 8.30. The number of benzene rings is 1. The Kier molecular flexibility index (Phi) is 5.42. The zero-order chi connectivity index (χ0) is 11.3. The number of halogens is 2. The summed E-state index contributed by atoms with van der Waals surface area (Å²) in [6.07, 6.45) is 1.95. The molecule has 0 bridgehead atoms. The van der Waals surface area contributed by atoms with E-state index in [0.717, 1.165) is 27.5 Å². The lowest BCUT2D eigenvalue weighted by Gasteiger charge is -2.08. The van der Waals surface area contributed by atoms with Gasteiger partial charge in [0.25, 0.3) is 0 Å². The van der Waals surface area contributed by atoms with Crippen LogP contribution in [0, 0.1) is 0 Å². The number of ether oxygens (including phenoxy) is 1. The normalized spacial score (nSPS) is 10.3. The first-order valence-electron chi connectivity index (χ1n) is 4.72. The van der Waals surface area contributed by atoms with Crippen LogP contribution in [0.25, 0.3) is 0 Å². The Bertz CT molecular complexity index is 308. The van der Waals surface area contributed by atoms with E-state index >= 15 is 0 Å². The Morgan fingerprint density at radius 2 is 1.73 bits per heavy atom. The van der Waals surface area contributed by atoms with Crippen LogP contribution in [0.3, 0.4) is 0 Å². The summed E-state index contributed by atoms with van der Waals surface area (Å²) in [6.45, 7) is 1.39. The average Bonchev–Trinajstić information content (AvgIpc) is 2.21. The van der Waals surface area contributed by atoms with E-state index in [0.29, 0.717) is 18.8 Å². The first-order chi connectivity index (χ1) is 7.15. The van der Waals surface area contributed by atoms with Crippen LogP contribution in [0.5, 0.6) is 5.75 Å². The number of unbranched alkanes of at least 4 members (excludes halogenated alkanes) is 1. The van der Waals surface area contributed by atoms with Crippen molar-refractivity contribution in [2.45, 2.75) is 12.8 Å². The van der Waals surface area contributed by atoms with Crippen molar-refractivity contribution < 1.29 is 4.74 Å². The first-order valence-corrected chi connectivity index (χ1v) is 6.31. The lowest BCUT2D eigenvalue weighted by atomic mass is 10.3. The molecule has 0 aliphatic heterocycles. The monoisotopic (exact) mass is 336 g/mol. The maximum atomic E-state index is 5.76. The third-order valence-corrected chi connectivity index (χ3v) is 3.23. The van der Waals surface area contributed by atoms with Crippen molar-refractivity contribution in [1.29, 1.82) is 0 Å². The van der Waals surface area contributed by atoms with E-state index in [1.807, 2.05) is 12.1 Å². The Hall–Kier alpha value is -0.260. The second kappa shape index (κ2) is 6.35. The molecule has 0 saturated heterocycles. The van der Waals surface area contributed by atoms with Gasteiger partial charge in [-0.05, 0) is 63.4 Å². The van der Waals surface area contributed by atoms with E-state index in [4.69, 9.17) is 16.2 Å². The molecule has 0 spiro atoms. The molecule has 0 radical (unpaired) electrons. The molecule has 0 unspecified atom stereocenters. The second-order valence-electron chi connectivity index (χ2n) is 3.14. The number of nitrogens with two attached hydrogens (primary N) is 2. The first kappa shape index (κ1) is 12.8. The predicted octanol–water partition coefficient (Wildman–Crippen LogP) is 2.91. The number of hydrogen-bond acceptors (Lipinski definition) is 3. The van der Waals surface area contributed by atoms with Crippen molar-refractivity contribution in [2.75, 3.05) is 18.9 Å². The van der Waals surface area contributed by atoms with Gasteiger partial charge in [0.15, 0.2) is 0 Å². The predicted molar refractivity (Wildman–Crippen MR) is 70.0 cm³/mol. The topological polar surface area (TPSA) is 61.3 Å². The Balaban J connectivity index is 2.55. The Morgan fingerprint density at radius 1 is 1.13 bits per heavy atom. The minimum Gasteiger partial charge on any atom is -0.494 e. The molecule has 84 valence electrons. The van der Waals surface area contributed by atoms with Gasteiger partial charge in [-0.3, -0.25) is 0 Å². The summed E-state index contributed by atoms with van der Waals surface area (Å²) in [5.41, 5.74) is 11.8. The molecule has 0 fully saturated rings. The van der Waals surface area contributed by atoms with E-state index in [9.17, 15) is 0 Å². The minimum atomic E-state index is 0.681. The van der Waals surface area contributed by atoms with Crippen molar-refractivity contribution >= 4 is 37.5 Å². The van der Waals surface area contributed by atoms with Crippen LogP contribution < -0.4 is 16.2 Å². The lowest BCUT2D eigenvalue weighted by molar-refractivity contribution is 0.307. The summed E-state index contributed by atoms with van der Waals surface area (Å²) in [5.74, 6) is 0.806. The SMILES string of the molecule is NCCCCOc1cc(Br)c(N)c(Br)c1. The van der Waals surface area contributed by atoms with Crippen LogP contribution >= 0.6 is 31.9 Å². The molecule has 0 saturated carbocycles. The summed E-state index contributed by atoms with van der Waals surface area (Å²) in [5, 5.41) is 0. The van der Waals surface area contributed by atoms with Gasteiger partial charge in [-0.1, -0.05) is 0 Å². The van der Waals surface area contributed by atoms with Gasteiger partial charge < -0.3 is 16.2 Å². The fraction of sp³-hybridized carbons (Fsp3) is 0.400. The van der Waals surface area contributed by atoms with Gasteiger partial charge in [0.05, 0.1) is 12.3 Å². The summed E-state index contributed by atoms with van der Waals surface area (Å²) < 4.78 is 7.23. The molecule has 15 heavy (non-hydrogen) atoms. The highest BCUT2D eigenvalue weighted by molar-refractivity contribution is 9.11. The van der Waals surface area contributed by atoms with Gasteiger partial charge in [-0.25, -0.2) is 0 Å². The van der Waals surface area contributed by atoms with Gasteiger partial charge in [-0.2, -0.15) is 0 Å². The van der Waals surface area contributed by atoms with Gasteiger partial charge in [0.1, 0.15) is 5.75 Å². The van der Waals surface area contributed by atoms with Crippen LogP contribution in [-0.2, 0) is 0 Å². The zero-order valence-corrected chi connectivity index (χ0v) is 11.5. The van der Waals surface area contributed by atoms with E-state index in [2.05, 4.69) is 31.9 Å². The van der Waals surface area contributed by atoms with Gasteiger partial charge >= 0.3 is 0 Å². The molecule has 1 aromatic carbocycles. The number of anilines is 1. The molecule has 1 aromatic rings. The van der Waals surface area contributed by atoms with Crippen LogP contribution in [0.2, 0.25) is 0 Å². The molecule has 1 rings (SSSR count). The highest BCUT2D eigenvalue weighted by Crippen LogP contribution is 2.32. The fourth-order valence-corrected chi connectivity index (χ4v) is 2.23. The fourth-order valence-electron chi connectivity index (χ4n) is 1.08. The van der Waals surface area contributed by atoms with E-state index in [-0.39, 0.29) is 0 Å². The summed E-state index contributed by atoms with van der Waals surface area (Å²) in [7, 11) is 0. The Labute approximate surface area is 106 Å². The molecule has 0 aliphatic carbocycles. The summed E-state index contributed by atoms with van der Waals surface area (Å²) in [6, 6.07) is 3.73. The van der Waals surface area contributed by atoms with Crippen LogP contribution in [0.1, 0.15) is 12.8 Å². The second-order valence-corrected chi connectivity index (χ2v) is 4.85. The molecule has 4 N–H and O–H groups in total. The summed E-state index contributed by atoms with van der Waals surface area (Å²) >= 11 is 6.73. The van der Waals surface area contributed by atoms with E-state index < -0.39 is 0 Å². The number of nitrogen functional groups attached to an aromatic ring is 1. The molecule has 0 amide bonds. The van der Waals surface area contributed by atoms with Crippen molar-refractivity contribution in [3.8, 4) is 5.75 Å². The molecular weight excluding hydrogens is 324 g/mol. The van der Waals surface area contributed by atoms with Crippen molar-refractivity contribution in [3.05, 3.63) is 21.1 Å². The van der Waals surface area contributed by atoms with Crippen molar-refractivity contribution in [3.63, 3.8) is 0 Å². The third-order valence-electron chi connectivity index (χ3n) is 1.92. The van der Waals surface area contributed by atoms with Gasteiger partial charge in [0.2, 0.25) is 0 Å². The van der Waals surface area contributed by atoms with Gasteiger partial charge in [-0.15, -0.1) is 0 Å². The Morgan fingerprint density at radius 3 is 2.27 bits per heavy atom. The highest BCUT2D eigenvalue weighted by atomic mass is 79.9. The van der Waals surface area contributed by atoms with Crippen LogP contribution in [0.4, 0.5) is 5.69 Å².